The van der Waals surface area contributed by atoms with Crippen LogP contribution < -0.4 is 5.32 Å². The van der Waals surface area contributed by atoms with E-state index in [0.717, 1.165) is 21.7 Å². The lowest BCUT2D eigenvalue weighted by molar-refractivity contribution is 0.561. The molecule has 2 aromatic rings. The fourth-order valence-electron chi connectivity index (χ4n) is 2.27. The van der Waals surface area contributed by atoms with E-state index in [-0.39, 0.29) is 6.04 Å². The van der Waals surface area contributed by atoms with Crippen molar-refractivity contribution in [3.05, 3.63) is 69.2 Å². The molecule has 0 aliphatic heterocycles. The third kappa shape index (κ3) is 3.44. The van der Waals surface area contributed by atoms with Crippen LogP contribution in [-0.4, -0.2) is 7.05 Å². The third-order valence-electron chi connectivity index (χ3n) is 3.31. The van der Waals surface area contributed by atoms with E-state index in [2.05, 4.69) is 21.2 Å². The minimum atomic E-state index is -0.543. The van der Waals surface area contributed by atoms with Gasteiger partial charge >= 0.3 is 0 Å². The van der Waals surface area contributed by atoms with Gasteiger partial charge in [-0.15, -0.1) is 0 Å². The smallest absolute Gasteiger partial charge is 0.126 e. The molecule has 2 aromatic carbocycles. The minimum absolute atomic E-state index is 0.00882. The summed E-state index contributed by atoms with van der Waals surface area (Å²) in [7, 11) is 1.84. The Morgan fingerprint density at radius 3 is 2.40 bits per heavy atom. The molecule has 0 heterocycles. The number of hydrogen-bond acceptors (Lipinski definition) is 1. The zero-order valence-electron chi connectivity index (χ0n) is 11.4. The molecule has 2 rings (SSSR count). The second-order valence-corrected chi connectivity index (χ2v) is 5.59. The van der Waals surface area contributed by atoms with Crippen LogP contribution in [0.3, 0.4) is 0 Å². The van der Waals surface area contributed by atoms with Gasteiger partial charge in [0.15, 0.2) is 0 Å². The van der Waals surface area contributed by atoms with E-state index in [1.165, 1.54) is 12.1 Å². The fraction of sp³-hybridized carbons (Fsp3) is 0.250. The number of benzene rings is 2. The number of hydrogen-bond donors (Lipinski definition) is 1. The first-order valence-electron chi connectivity index (χ1n) is 6.38. The van der Waals surface area contributed by atoms with Crippen LogP contribution in [0.15, 0.2) is 40.9 Å². The van der Waals surface area contributed by atoms with Crippen molar-refractivity contribution in [1.82, 2.24) is 5.32 Å². The normalized spacial score (nSPS) is 12.4. The molecule has 20 heavy (non-hydrogen) atoms. The molecule has 0 radical (unpaired) electrons. The molecular weight excluding hydrogens is 324 g/mol. The van der Waals surface area contributed by atoms with Gasteiger partial charge in [-0.25, -0.2) is 8.78 Å². The molecule has 0 saturated carbocycles. The number of rotatable bonds is 4. The lowest BCUT2D eigenvalue weighted by Gasteiger charge is -2.19. The number of nitrogens with one attached hydrogen (secondary N) is 1. The van der Waals surface area contributed by atoms with Gasteiger partial charge in [0.05, 0.1) is 0 Å². The predicted molar refractivity (Wildman–Crippen MR) is 80.7 cm³/mol. The van der Waals surface area contributed by atoms with Crippen LogP contribution in [0.1, 0.15) is 22.7 Å². The van der Waals surface area contributed by atoms with Gasteiger partial charge in [0.1, 0.15) is 11.6 Å². The van der Waals surface area contributed by atoms with E-state index in [4.69, 9.17) is 0 Å². The molecule has 0 bridgehead atoms. The van der Waals surface area contributed by atoms with Crippen molar-refractivity contribution in [2.75, 3.05) is 7.05 Å². The van der Waals surface area contributed by atoms with Crippen molar-refractivity contribution < 1.29 is 8.78 Å². The van der Waals surface area contributed by atoms with Crippen LogP contribution in [-0.2, 0) is 6.42 Å². The topological polar surface area (TPSA) is 12.0 Å². The molecular formula is C16H16BrF2N. The Bertz CT molecular complexity index is 593. The van der Waals surface area contributed by atoms with Gasteiger partial charge in [-0.3, -0.25) is 0 Å². The lowest BCUT2D eigenvalue weighted by atomic mass is 9.97. The van der Waals surface area contributed by atoms with Gasteiger partial charge in [0.2, 0.25) is 0 Å². The van der Waals surface area contributed by atoms with Crippen molar-refractivity contribution in [1.29, 1.82) is 0 Å². The molecule has 1 atom stereocenters. The summed E-state index contributed by atoms with van der Waals surface area (Å²) in [4.78, 5) is 0. The summed E-state index contributed by atoms with van der Waals surface area (Å²) in [6, 6.07) is 9.63. The Balaban J connectivity index is 2.31. The van der Waals surface area contributed by atoms with Crippen LogP contribution >= 0.6 is 15.9 Å². The number of likely N-dealkylation sites (N-methyl/N-ethyl adjacent to an activating group) is 1. The SMILES string of the molecule is CNC(Cc1cc(F)cc(F)c1)c1cccc(C)c1Br. The molecule has 1 N–H and O–H groups in total. The van der Waals surface area contributed by atoms with E-state index in [1.54, 1.807) is 0 Å². The molecule has 0 amide bonds. The number of aryl methyl sites for hydroxylation is 1. The maximum atomic E-state index is 13.3. The van der Waals surface area contributed by atoms with Gasteiger partial charge in [0.25, 0.3) is 0 Å². The van der Waals surface area contributed by atoms with E-state index in [9.17, 15) is 8.78 Å². The van der Waals surface area contributed by atoms with E-state index in [1.807, 2.05) is 32.2 Å². The summed E-state index contributed by atoms with van der Waals surface area (Å²) in [5.41, 5.74) is 2.85. The van der Waals surface area contributed by atoms with Crippen molar-refractivity contribution in [3.63, 3.8) is 0 Å². The van der Waals surface area contributed by atoms with Crippen LogP contribution in [0.4, 0.5) is 8.78 Å². The van der Waals surface area contributed by atoms with Crippen molar-refractivity contribution in [3.8, 4) is 0 Å². The first-order chi connectivity index (χ1) is 9.51. The summed E-state index contributed by atoms with van der Waals surface area (Å²) in [6.07, 6.45) is 0.521. The fourth-order valence-corrected chi connectivity index (χ4v) is 2.81. The zero-order chi connectivity index (χ0) is 14.7. The molecule has 0 saturated heterocycles. The monoisotopic (exact) mass is 339 g/mol. The first-order valence-corrected chi connectivity index (χ1v) is 7.18. The molecule has 106 valence electrons. The largest absolute Gasteiger partial charge is 0.313 e. The highest BCUT2D eigenvalue weighted by Gasteiger charge is 2.15. The van der Waals surface area contributed by atoms with Crippen LogP contribution in [0.2, 0.25) is 0 Å². The summed E-state index contributed by atoms with van der Waals surface area (Å²) in [5, 5.41) is 3.20. The Kier molecular flexibility index (Phi) is 4.89. The van der Waals surface area contributed by atoms with Crippen molar-refractivity contribution in [2.45, 2.75) is 19.4 Å². The molecule has 1 unspecified atom stereocenters. The second kappa shape index (κ2) is 6.46. The summed E-state index contributed by atoms with van der Waals surface area (Å²) >= 11 is 3.58. The molecule has 0 aromatic heterocycles. The maximum Gasteiger partial charge on any atom is 0.126 e. The maximum absolute atomic E-state index is 13.3. The summed E-state index contributed by atoms with van der Waals surface area (Å²) < 4.78 is 27.5. The van der Waals surface area contributed by atoms with Gasteiger partial charge in [0, 0.05) is 16.6 Å². The van der Waals surface area contributed by atoms with Gasteiger partial charge in [-0.2, -0.15) is 0 Å². The van der Waals surface area contributed by atoms with Crippen molar-refractivity contribution in [2.24, 2.45) is 0 Å². The molecule has 0 aliphatic carbocycles. The molecule has 4 heteroatoms. The van der Waals surface area contributed by atoms with E-state index >= 15 is 0 Å². The molecule has 1 nitrogen and oxygen atoms in total. The average molecular weight is 340 g/mol. The highest BCUT2D eigenvalue weighted by Crippen LogP contribution is 2.28. The average Bonchev–Trinajstić information content (AvgIpc) is 2.38. The quantitative estimate of drug-likeness (QED) is 0.862. The van der Waals surface area contributed by atoms with E-state index in [0.29, 0.717) is 12.0 Å². The highest BCUT2D eigenvalue weighted by molar-refractivity contribution is 9.10. The van der Waals surface area contributed by atoms with Crippen molar-refractivity contribution >= 4 is 15.9 Å². The van der Waals surface area contributed by atoms with Crippen LogP contribution in [0, 0.1) is 18.6 Å². The second-order valence-electron chi connectivity index (χ2n) is 4.80. The Hall–Kier alpha value is -1.26. The standard InChI is InChI=1S/C16H16BrF2N/c1-10-4-3-5-14(16(10)17)15(20-2)8-11-6-12(18)9-13(19)7-11/h3-7,9,15,20H,8H2,1-2H3. The number of halogens is 3. The lowest BCUT2D eigenvalue weighted by Crippen LogP contribution is -2.19. The van der Waals surface area contributed by atoms with E-state index < -0.39 is 11.6 Å². The molecule has 0 fully saturated rings. The Morgan fingerprint density at radius 1 is 1.15 bits per heavy atom. The summed E-state index contributed by atoms with van der Waals surface area (Å²) in [6.45, 7) is 2.02. The Morgan fingerprint density at radius 2 is 1.80 bits per heavy atom. The van der Waals surface area contributed by atoms with Crippen LogP contribution in [0.5, 0.6) is 0 Å². The van der Waals surface area contributed by atoms with Crippen LogP contribution in [0.25, 0.3) is 0 Å². The minimum Gasteiger partial charge on any atom is -0.313 e. The van der Waals surface area contributed by atoms with Gasteiger partial charge in [-0.1, -0.05) is 34.1 Å². The molecule has 0 spiro atoms. The molecule has 0 aliphatic rings. The highest BCUT2D eigenvalue weighted by atomic mass is 79.9. The summed E-state index contributed by atoms with van der Waals surface area (Å²) in [5.74, 6) is -1.09. The van der Waals surface area contributed by atoms with Gasteiger partial charge in [-0.05, 0) is 49.2 Å². The van der Waals surface area contributed by atoms with Gasteiger partial charge < -0.3 is 5.32 Å². The predicted octanol–water partition coefficient (Wildman–Crippen LogP) is 4.54. The first kappa shape index (κ1) is 15.1. The third-order valence-corrected chi connectivity index (χ3v) is 4.39. The zero-order valence-corrected chi connectivity index (χ0v) is 13.0. The Labute approximate surface area is 126 Å².